The summed E-state index contributed by atoms with van der Waals surface area (Å²) < 4.78 is 14.5. The minimum atomic E-state index is -0.866. The Morgan fingerprint density at radius 3 is 2.42 bits per heavy atom. The van der Waals surface area contributed by atoms with Crippen LogP contribution >= 0.6 is 0 Å². The lowest BCUT2D eigenvalue weighted by Crippen LogP contribution is -2.64. The third-order valence-electron chi connectivity index (χ3n) is 5.88. The maximum atomic E-state index is 14.5. The lowest BCUT2D eigenvalue weighted by atomic mass is 9.90. The molecule has 3 aliphatic heterocycles. The van der Waals surface area contributed by atoms with E-state index in [9.17, 15) is 9.18 Å². The highest BCUT2D eigenvalue weighted by Crippen LogP contribution is 2.25. The summed E-state index contributed by atoms with van der Waals surface area (Å²) in [6.07, 6.45) is 1.20. The molecule has 3 saturated heterocycles. The van der Waals surface area contributed by atoms with Gasteiger partial charge >= 0.3 is 0 Å². The molecule has 3 rings (SSSR count). The fraction of sp³-hybridized carbons (Fsp3) is 0.941. The number of nitrogens with zero attached hydrogens (tertiary/aromatic N) is 4. The number of alkyl halides is 1. The SMILES string of the molecule is CN1CCN(CC2CCN(C3C(N)CN(C)CC3F)CC2)C(=O)C1. The number of hydrogen-bond acceptors (Lipinski definition) is 5. The molecule has 0 aliphatic carbocycles. The summed E-state index contributed by atoms with van der Waals surface area (Å²) >= 11 is 0. The van der Waals surface area contributed by atoms with Crippen molar-refractivity contribution in [3.63, 3.8) is 0 Å². The number of carbonyl (C=O) groups is 1. The number of likely N-dealkylation sites (N-methyl/N-ethyl adjacent to an activating group) is 2. The summed E-state index contributed by atoms with van der Waals surface area (Å²) in [5, 5.41) is 0. The second kappa shape index (κ2) is 7.64. The van der Waals surface area contributed by atoms with Gasteiger partial charge in [-0.25, -0.2) is 4.39 Å². The Bertz CT molecular complexity index is 431. The van der Waals surface area contributed by atoms with E-state index in [2.05, 4.69) is 9.80 Å². The zero-order chi connectivity index (χ0) is 17.3. The molecule has 0 aromatic carbocycles. The fourth-order valence-corrected chi connectivity index (χ4v) is 4.48. The number of likely N-dealkylation sites (tertiary alicyclic amines) is 2. The number of amides is 1. The number of piperazine rings is 1. The van der Waals surface area contributed by atoms with Crippen LogP contribution in [-0.2, 0) is 4.79 Å². The monoisotopic (exact) mass is 341 g/mol. The van der Waals surface area contributed by atoms with E-state index in [1.165, 1.54) is 0 Å². The lowest BCUT2D eigenvalue weighted by Gasteiger charge is -2.46. The molecule has 0 bridgehead atoms. The minimum absolute atomic E-state index is 0.116. The summed E-state index contributed by atoms with van der Waals surface area (Å²) in [7, 11) is 3.92. The molecule has 0 spiro atoms. The Balaban J connectivity index is 1.48. The Morgan fingerprint density at radius 2 is 1.79 bits per heavy atom. The third kappa shape index (κ3) is 4.07. The average molecular weight is 341 g/mol. The molecule has 3 aliphatic rings. The molecule has 0 saturated carbocycles. The van der Waals surface area contributed by atoms with Crippen LogP contribution in [0.2, 0.25) is 0 Å². The van der Waals surface area contributed by atoms with Gasteiger partial charge in [0.2, 0.25) is 5.91 Å². The van der Waals surface area contributed by atoms with Crippen molar-refractivity contribution in [2.45, 2.75) is 31.1 Å². The van der Waals surface area contributed by atoms with Crippen LogP contribution in [-0.4, -0.2) is 110 Å². The molecule has 6 nitrogen and oxygen atoms in total. The van der Waals surface area contributed by atoms with Gasteiger partial charge in [0.05, 0.1) is 12.6 Å². The fourth-order valence-electron chi connectivity index (χ4n) is 4.48. The lowest BCUT2D eigenvalue weighted by molar-refractivity contribution is -0.136. The van der Waals surface area contributed by atoms with Crippen molar-refractivity contribution in [3.05, 3.63) is 0 Å². The van der Waals surface area contributed by atoms with Gasteiger partial charge in [-0.15, -0.1) is 0 Å². The summed E-state index contributed by atoms with van der Waals surface area (Å²) in [5.41, 5.74) is 6.23. The van der Waals surface area contributed by atoms with Crippen molar-refractivity contribution >= 4 is 5.91 Å². The molecule has 3 atom stereocenters. The van der Waals surface area contributed by atoms with Crippen molar-refractivity contribution in [1.82, 2.24) is 19.6 Å². The zero-order valence-corrected chi connectivity index (χ0v) is 15.0. The molecular weight excluding hydrogens is 309 g/mol. The first-order chi connectivity index (χ1) is 11.4. The van der Waals surface area contributed by atoms with E-state index in [-0.39, 0.29) is 18.0 Å². The molecule has 138 valence electrons. The van der Waals surface area contributed by atoms with Crippen molar-refractivity contribution in [3.8, 4) is 0 Å². The van der Waals surface area contributed by atoms with Gasteiger partial charge in [-0.05, 0) is 45.9 Å². The van der Waals surface area contributed by atoms with E-state index in [1.807, 2.05) is 23.9 Å². The second-order valence-electron chi connectivity index (χ2n) is 7.95. The molecule has 0 aromatic heterocycles. The van der Waals surface area contributed by atoms with Crippen LogP contribution in [0.25, 0.3) is 0 Å². The standard InChI is InChI=1S/C17H32FN5O/c1-20-7-8-23(16(24)12-20)9-13-3-5-22(6-4-13)17-14(18)10-21(2)11-15(17)19/h13-15,17H,3-12,19H2,1-2H3. The van der Waals surface area contributed by atoms with Crippen molar-refractivity contribution in [2.24, 2.45) is 11.7 Å². The van der Waals surface area contributed by atoms with Crippen LogP contribution in [0.4, 0.5) is 4.39 Å². The molecule has 2 N–H and O–H groups in total. The van der Waals surface area contributed by atoms with Gasteiger partial charge in [-0.3, -0.25) is 14.6 Å². The summed E-state index contributed by atoms with van der Waals surface area (Å²) in [5.74, 6) is 0.779. The second-order valence-corrected chi connectivity index (χ2v) is 7.95. The van der Waals surface area contributed by atoms with Crippen LogP contribution in [0.5, 0.6) is 0 Å². The molecule has 0 aromatic rings. The first-order valence-corrected chi connectivity index (χ1v) is 9.22. The first-order valence-electron chi connectivity index (χ1n) is 9.22. The molecule has 1 amide bonds. The van der Waals surface area contributed by atoms with E-state index in [1.54, 1.807) is 0 Å². The summed E-state index contributed by atoms with van der Waals surface area (Å²) in [6.45, 7) is 6.23. The molecule has 3 unspecified atom stereocenters. The Morgan fingerprint density at radius 1 is 1.08 bits per heavy atom. The van der Waals surface area contributed by atoms with E-state index < -0.39 is 6.17 Å². The molecule has 0 radical (unpaired) electrons. The highest BCUT2D eigenvalue weighted by Gasteiger charge is 2.39. The number of carbonyl (C=O) groups excluding carboxylic acids is 1. The highest BCUT2D eigenvalue weighted by atomic mass is 19.1. The van der Waals surface area contributed by atoms with Crippen molar-refractivity contribution in [2.75, 3.05) is 66.5 Å². The predicted molar refractivity (Wildman–Crippen MR) is 92.5 cm³/mol. The normalized spacial score (nSPS) is 35.6. The largest absolute Gasteiger partial charge is 0.340 e. The molecule has 7 heteroatoms. The van der Waals surface area contributed by atoms with Crippen LogP contribution in [0.15, 0.2) is 0 Å². The van der Waals surface area contributed by atoms with E-state index in [0.29, 0.717) is 19.0 Å². The first kappa shape index (κ1) is 18.0. The Kier molecular flexibility index (Phi) is 5.74. The van der Waals surface area contributed by atoms with Crippen LogP contribution in [0.1, 0.15) is 12.8 Å². The van der Waals surface area contributed by atoms with Gasteiger partial charge in [0.25, 0.3) is 0 Å². The van der Waals surface area contributed by atoms with E-state index >= 15 is 0 Å². The Labute approximate surface area is 144 Å². The third-order valence-corrected chi connectivity index (χ3v) is 5.88. The maximum absolute atomic E-state index is 14.5. The minimum Gasteiger partial charge on any atom is -0.340 e. The van der Waals surface area contributed by atoms with Gasteiger partial charge in [0.1, 0.15) is 6.17 Å². The van der Waals surface area contributed by atoms with Crippen LogP contribution in [0, 0.1) is 5.92 Å². The van der Waals surface area contributed by atoms with Gasteiger partial charge < -0.3 is 15.5 Å². The molecule has 3 fully saturated rings. The number of piperidine rings is 2. The van der Waals surface area contributed by atoms with E-state index in [0.717, 1.165) is 52.1 Å². The molecule has 3 heterocycles. The quantitative estimate of drug-likeness (QED) is 0.747. The number of nitrogens with two attached hydrogens (primary N) is 1. The molecular formula is C17H32FN5O. The summed E-state index contributed by atoms with van der Waals surface area (Å²) in [6, 6.07) is -0.262. The van der Waals surface area contributed by atoms with Gasteiger partial charge in [-0.2, -0.15) is 0 Å². The highest BCUT2D eigenvalue weighted by molar-refractivity contribution is 5.78. The van der Waals surface area contributed by atoms with Crippen molar-refractivity contribution < 1.29 is 9.18 Å². The van der Waals surface area contributed by atoms with Crippen molar-refractivity contribution in [1.29, 1.82) is 0 Å². The van der Waals surface area contributed by atoms with Gasteiger partial charge in [-0.1, -0.05) is 0 Å². The number of halogens is 1. The van der Waals surface area contributed by atoms with Crippen LogP contribution in [0.3, 0.4) is 0 Å². The summed E-state index contributed by atoms with van der Waals surface area (Å²) in [4.78, 5) is 20.4. The number of rotatable bonds is 3. The van der Waals surface area contributed by atoms with Gasteiger partial charge in [0.15, 0.2) is 0 Å². The maximum Gasteiger partial charge on any atom is 0.236 e. The van der Waals surface area contributed by atoms with E-state index in [4.69, 9.17) is 5.73 Å². The Hall–Kier alpha value is -0.760. The predicted octanol–water partition coefficient (Wildman–Crippen LogP) is -0.548. The molecule has 24 heavy (non-hydrogen) atoms. The van der Waals surface area contributed by atoms with Crippen LogP contribution < -0.4 is 5.73 Å². The zero-order valence-electron chi connectivity index (χ0n) is 15.0. The topological polar surface area (TPSA) is 56.1 Å². The number of hydrogen-bond donors (Lipinski definition) is 1. The smallest absolute Gasteiger partial charge is 0.236 e. The average Bonchev–Trinajstić information content (AvgIpc) is 2.51. The van der Waals surface area contributed by atoms with Gasteiger partial charge in [0, 0.05) is 38.8 Å².